The Morgan fingerprint density at radius 1 is 1.00 bits per heavy atom. The molecule has 3 rings (SSSR count). The number of carbonyl (C=O) groups is 2. The Labute approximate surface area is 202 Å². The molecule has 0 aromatic heterocycles. The summed E-state index contributed by atoms with van der Waals surface area (Å²) >= 11 is 0. The van der Waals surface area contributed by atoms with Crippen molar-refractivity contribution in [2.75, 3.05) is 39.5 Å². The Morgan fingerprint density at radius 3 is 2.62 bits per heavy atom. The minimum absolute atomic E-state index is 0.00333. The molecule has 2 aromatic rings. The number of carbonyl (C=O) groups excluding carboxylic acids is 2. The van der Waals surface area contributed by atoms with Crippen molar-refractivity contribution in [2.24, 2.45) is 5.92 Å². The van der Waals surface area contributed by atoms with Gasteiger partial charge in [-0.25, -0.2) is 0 Å². The number of likely N-dealkylation sites (tertiary alicyclic amines) is 1. The fourth-order valence-electron chi connectivity index (χ4n) is 3.96. The lowest BCUT2D eigenvalue weighted by Crippen LogP contribution is -2.45. The highest BCUT2D eigenvalue weighted by Gasteiger charge is 2.28. The molecule has 0 spiro atoms. The van der Waals surface area contributed by atoms with Crippen LogP contribution in [0, 0.1) is 5.92 Å². The minimum atomic E-state index is -0.183. The van der Waals surface area contributed by atoms with E-state index in [-0.39, 0.29) is 17.7 Å². The second-order valence-electron chi connectivity index (χ2n) is 8.38. The molecule has 2 amide bonds. The van der Waals surface area contributed by atoms with Gasteiger partial charge in [0.25, 0.3) is 0 Å². The number of hydrogen-bond acceptors (Lipinski definition) is 5. The predicted octanol–water partition coefficient (Wildman–Crippen LogP) is 3.56. The van der Waals surface area contributed by atoms with Gasteiger partial charge in [-0.2, -0.15) is 0 Å². The molecule has 1 saturated heterocycles. The molecule has 1 N–H and O–H groups in total. The molecule has 1 heterocycles. The molecule has 0 radical (unpaired) electrons. The summed E-state index contributed by atoms with van der Waals surface area (Å²) in [7, 11) is 0. The number of piperidine rings is 1. The summed E-state index contributed by atoms with van der Waals surface area (Å²) in [6.07, 6.45) is 1.93. The van der Waals surface area contributed by atoms with Crippen molar-refractivity contribution >= 4 is 11.8 Å². The number of hydrogen-bond donors (Lipinski definition) is 1. The van der Waals surface area contributed by atoms with Crippen molar-refractivity contribution in [1.29, 1.82) is 0 Å². The minimum Gasteiger partial charge on any atom is -0.493 e. The van der Waals surface area contributed by atoms with Gasteiger partial charge in [-0.05, 0) is 43.0 Å². The van der Waals surface area contributed by atoms with Crippen molar-refractivity contribution in [3.8, 4) is 5.75 Å². The first-order valence-corrected chi connectivity index (χ1v) is 12.1. The molecule has 34 heavy (non-hydrogen) atoms. The molecule has 2 aromatic carbocycles. The SMILES string of the molecule is CCOCCOCc1cccc(CNC(=O)C2CCCN(C(=O)CCOc3ccccc3)C2)c1. The van der Waals surface area contributed by atoms with Gasteiger partial charge in [0.15, 0.2) is 0 Å². The molecule has 1 atom stereocenters. The van der Waals surface area contributed by atoms with E-state index in [2.05, 4.69) is 5.32 Å². The van der Waals surface area contributed by atoms with Crippen molar-refractivity contribution in [3.05, 3.63) is 65.7 Å². The van der Waals surface area contributed by atoms with E-state index < -0.39 is 0 Å². The van der Waals surface area contributed by atoms with Crippen molar-refractivity contribution in [3.63, 3.8) is 0 Å². The number of nitrogens with zero attached hydrogens (tertiary/aromatic N) is 1. The van der Waals surface area contributed by atoms with Crippen LogP contribution in [0.25, 0.3) is 0 Å². The number of rotatable bonds is 13. The molecule has 0 bridgehead atoms. The Bertz CT molecular complexity index is 890. The number of amides is 2. The fraction of sp³-hybridized carbons (Fsp3) is 0.481. The first kappa shape index (κ1) is 25.7. The van der Waals surface area contributed by atoms with Gasteiger partial charge in [-0.1, -0.05) is 42.5 Å². The highest BCUT2D eigenvalue weighted by Crippen LogP contribution is 2.18. The summed E-state index contributed by atoms with van der Waals surface area (Å²) in [5.74, 6) is 0.604. The second-order valence-corrected chi connectivity index (χ2v) is 8.38. The van der Waals surface area contributed by atoms with Gasteiger partial charge in [-0.3, -0.25) is 9.59 Å². The molecule has 1 aliphatic heterocycles. The number of para-hydroxylation sites is 1. The van der Waals surface area contributed by atoms with Crippen molar-refractivity contribution < 1.29 is 23.8 Å². The van der Waals surface area contributed by atoms with Crippen LogP contribution in [-0.2, 0) is 32.2 Å². The molecule has 0 saturated carbocycles. The fourth-order valence-corrected chi connectivity index (χ4v) is 3.96. The Kier molecular flexibility index (Phi) is 10.9. The van der Waals surface area contributed by atoms with Gasteiger partial charge in [0.2, 0.25) is 11.8 Å². The maximum absolute atomic E-state index is 12.8. The average Bonchev–Trinajstić information content (AvgIpc) is 2.88. The van der Waals surface area contributed by atoms with E-state index in [0.29, 0.717) is 59.1 Å². The van der Waals surface area contributed by atoms with Gasteiger partial charge in [0.05, 0.1) is 38.8 Å². The normalized spacial score (nSPS) is 15.7. The lowest BCUT2D eigenvalue weighted by atomic mass is 9.96. The molecule has 1 fully saturated rings. The maximum atomic E-state index is 12.8. The Hall–Kier alpha value is -2.90. The summed E-state index contributed by atoms with van der Waals surface area (Å²) in [4.78, 5) is 27.2. The monoisotopic (exact) mass is 468 g/mol. The second kappa shape index (κ2) is 14.4. The third-order valence-electron chi connectivity index (χ3n) is 5.78. The van der Waals surface area contributed by atoms with Gasteiger partial charge in [-0.15, -0.1) is 0 Å². The number of nitrogens with one attached hydrogen (secondary N) is 1. The predicted molar refractivity (Wildman–Crippen MR) is 130 cm³/mol. The van der Waals surface area contributed by atoms with Crippen LogP contribution >= 0.6 is 0 Å². The van der Waals surface area contributed by atoms with Crippen LogP contribution in [0.1, 0.15) is 37.3 Å². The van der Waals surface area contributed by atoms with Gasteiger partial charge < -0.3 is 24.4 Å². The standard InChI is InChI=1S/C27H36N2O5/c1-2-32-16-17-33-21-23-9-6-8-22(18-23)19-28-27(31)24-10-7-14-29(20-24)26(30)13-15-34-25-11-4-3-5-12-25/h3-6,8-9,11-12,18,24H,2,7,10,13-17,19-21H2,1H3,(H,28,31). The lowest BCUT2D eigenvalue weighted by Gasteiger charge is -2.32. The summed E-state index contributed by atoms with van der Waals surface area (Å²) in [6, 6.07) is 17.5. The van der Waals surface area contributed by atoms with Crippen molar-refractivity contribution in [1.82, 2.24) is 10.2 Å². The molecule has 1 unspecified atom stereocenters. The quantitative estimate of drug-likeness (QED) is 0.455. The van der Waals surface area contributed by atoms with Gasteiger partial charge >= 0.3 is 0 Å². The molecule has 1 aliphatic rings. The molecular weight excluding hydrogens is 432 g/mol. The van der Waals surface area contributed by atoms with E-state index in [1.807, 2.05) is 61.5 Å². The zero-order chi connectivity index (χ0) is 24.0. The van der Waals surface area contributed by atoms with E-state index in [9.17, 15) is 9.59 Å². The lowest BCUT2D eigenvalue weighted by molar-refractivity contribution is -0.136. The summed E-state index contributed by atoms with van der Waals surface area (Å²) in [5, 5.41) is 3.04. The zero-order valence-corrected chi connectivity index (χ0v) is 20.0. The molecule has 0 aliphatic carbocycles. The van der Waals surface area contributed by atoms with E-state index in [4.69, 9.17) is 14.2 Å². The highest BCUT2D eigenvalue weighted by atomic mass is 16.5. The van der Waals surface area contributed by atoms with E-state index in [1.54, 1.807) is 4.90 Å². The van der Waals surface area contributed by atoms with Gasteiger partial charge in [0.1, 0.15) is 5.75 Å². The van der Waals surface area contributed by atoms with Crippen LogP contribution in [0.2, 0.25) is 0 Å². The maximum Gasteiger partial charge on any atom is 0.226 e. The Balaban J connectivity index is 1.39. The average molecular weight is 469 g/mol. The summed E-state index contributed by atoms with van der Waals surface area (Å²) < 4.78 is 16.5. The largest absolute Gasteiger partial charge is 0.493 e. The van der Waals surface area contributed by atoms with Gasteiger partial charge in [0, 0.05) is 26.2 Å². The summed E-state index contributed by atoms with van der Waals surface area (Å²) in [6.45, 7) is 6.27. The van der Waals surface area contributed by atoms with E-state index in [0.717, 1.165) is 29.7 Å². The molecule has 184 valence electrons. The van der Waals surface area contributed by atoms with Crippen LogP contribution in [0.4, 0.5) is 0 Å². The zero-order valence-electron chi connectivity index (χ0n) is 20.0. The van der Waals surface area contributed by atoms with Crippen LogP contribution in [0.5, 0.6) is 5.75 Å². The molecule has 7 nitrogen and oxygen atoms in total. The first-order chi connectivity index (χ1) is 16.7. The van der Waals surface area contributed by atoms with Crippen LogP contribution in [-0.4, -0.2) is 56.2 Å². The number of benzene rings is 2. The summed E-state index contributed by atoms with van der Waals surface area (Å²) in [5.41, 5.74) is 2.09. The van der Waals surface area contributed by atoms with E-state index in [1.165, 1.54) is 0 Å². The highest BCUT2D eigenvalue weighted by molar-refractivity contribution is 5.81. The smallest absolute Gasteiger partial charge is 0.226 e. The molecular formula is C27H36N2O5. The number of ether oxygens (including phenoxy) is 3. The first-order valence-electron chi connectivity index (χ1n) is 12.1. The van der Waals surface area contributed by atoms with Crippen LogP contribution in [0.3, 0.4) is 0 Å². The molecule has 7 heteroatoms. The van der Waals surface area contributed by atoms with Crippen LogP contribution in [0.15, 0.2) is 54.6 Å². The third-order valence-corrected chi connectivity index (χ3v) is 5.78. The van der Waals surface area contributed by atoms with Crippen molar-refractivity contribution in [2.45, 2.75) is 39.3 Å². The van der Waals surface area contributed by atoms with Crippen LogP contribution < -0.4 is 10.1 Å². The van der Waals surface area contributed by atoms with E-state index >= 15 is 0 Å². The Morgan fingerprint density at radius 2 is 1.79 bits per heavy atom. The third kappa shape index (κ3) is 8.80. The topological polar surface area (TPSA) is 77.1 Å².